The highest BCUT2D eigenvalue weighted by atomic mass is 79.9. The predicted octanol–water partition coefficient (Wildman–Crippen LogP) is 5.56. The fraction of sp³-hybridized carbons (Fsp3) is 0.294. The highest BCUT2D eigenvalue weighted by Crippen LogP contribution is 2.32. The first-order valence-electron chi connectivity index (χ1n) is 6.89. The Balaban J connectivity index is 2.55. The minimum Gasteiger partial charge on any atom is -0.307 e. The summed E-state index contributed by atoms with van der Waals surface area (Å²) in [6, 6.07) is 9.07. The van der Waals surface area contributed by atoms with Gasteiger partial charge >= 0.3 is 0 Å². The van der Waals surface area contributed by atoms with E-state index < -0.39 is 0 Å². The quantitative estimate of drug-likeness (QED) is 0.743. The smallest absolute Gasteiger partial charge is 0.123 e. The third kappa shape index (κ3) is 3.65. The zero-order valence-electron chi connectivity index (χ0n) is 12.3. The van der Waals surface area contributed by atoms with Crippen LogP contribution in [-0.2, 0) is 0 Å². The molecule has 1 nitrogen and oxygen atoms in total. The van der Waals surface area contributed by atoms with Gasteiger partial charge in [0.25, 0.3) is 0 Å². The molecule has 0 bridgehead atoms. The van der Waals surface area contributed by atoms with E-state index in [2.05, 4.69) is 28.2 Å². The lowest BCUT2D eigenvalue weighted by Gasteiger charge is -2.23. The summed E-state index contributed by atoms with van der Waals surface area (Å²) in [4.78, 5) is 0. The molecule has 1 unspecified atom stereocenters. The van der Waals surface area contributed by atoms with Gasteiger partial charge in [0.05, 0.1) is 11.1 Å². The van der Waals surface area contributed by atoms with E-state index in [4.69, 9.17) is 11.6 Å². The van der Waals surface area contributed by atoms with Crippen LogP contribution in [-0.4, -0.2) is 6.54 Å². The zero-order valence-corrected chi connectivity index (χ0v) is 14.6. The largest absolute Gasteiger partial charge is 0.307 e. The van der Waals surface area contributed by atoms with E-state index in [0.29, 0.717) is 5.02 Å². The second-order valence-electron chi connectivity index (χ2n) is 5.12. The molecule has 0 saturated heterocycles. The van der Waals surface area contributed by atoms with Crippen molar-refractivity contribution in [3.8, 4) is 0 Å². The van der Waals surface area contributed by atoms with Crippen LogP contribution in [0.4, 0.5) is 4.39 Å². The van der Waals surface area contributed by atoms with Crippen LogP contribution in [0.5, 0.6) is 0 Å². The molecule has 4 heteroatoms. The highest BCUT2D eigenvalue weighted by Gasteiger charge is 2.19. The molecular formula is C17H18BrClFN. The van der Waals surface area contributed by atoms with E-state index in [0.717, 1.165) is 33.3 Å². The molecule has 0 saturated carbocycles. The molecule has 0 fully saturated rings. The first kappa shape index (κ1) is 16.5. The fourth-order valence-electron chi connectivity index (χ4n) is 2.66. The molecule has 0 amide bonds. The number of hydrogen-bond acceptors (Lipinski definition) is 1. The summed E-state index contributed by atoms with van der Waals surface area (Å²) in [7, 11) is 0. The standard InChI is InChI=1S/C17H18BrClFN/c1-4-21-17(12-5-6-14(18)15(19)9-12)16-10(2)7-13(20)8-11(16)3/h5-9,17,21H,4H2,1-3H3. The predicted molar refractivity (Wildman–Crippen MR) is 90.5 cm³/mol. The molecule has 2 aromatic carbocycles. The third-order valence-corrected chi connectivity index (χ3v) is 4.76. The van der Waals surface area contributed by atoms with Crippen molar-refractivity contribution in [3.63, 3.8) is 0 Å². The van der Waals surface area contributed by atoms with Crippen molar-refractivity contribution in [2.45, 2.75) is 26.8 Å². The van der Waals surface area contributed by atoms with Crippen LogP contribution in [0.2, 0.25) is 5.02 Å². The number of hydrogen-bond donors (Lipinski definition) is 1. The van der Waals surface area contributed by atoms with Crippen molar-refractivity contribution in [1.29, 1.82) is 0 Å². The van der Waals surface area contributed by atoms with Gasteiger partial charge < -0.3 is 5.32 Å². The molecule has 21 heavy (non-hydrogen) atoms. The summed E-state index contributed by atoms with van der Waals surface area (Å²) in [6.07, 6.45) is 0. The maximum atomic E-state index is 13.5. The van der Waals surface area contributed by atoms with Crippen molar-refractivity contribution < 1.29 is 4.39 Å². The van der Waals surface area contributed by atoms with Gasteiger partial charge in [0.2, 0.25) is 0 Å². The van der Waals surface area contributed by atoms with Gasteiger partial charge in [0.15, 0.2) is 0 Å². The lowest BCUT2D eigenvalue weighted by atomic mass is 9.91. The molecule has 0 aliphatic heterocycles. The Labute approximate surface area is 138 Å². The average molecular weight is 371 g/mol. The average Bonchev–Trinajstić information content (AvgIpc) is 2.40. The van der Waals surface area contributed by atoms with Gasteiger partial charge in [-0.1, -0.05) is 24.6 Å². The maximum Gasteiger partial charge on any atom is 0.123 e. The first-order valence-corrected chi connectivity index (χ1v) is 8.06. The second kappa shape index (κ2) is 6.91. The highest BCUT2D eigenvalue weighted by molar-refractivity contribution is 9.10. The van der Waals surface area contributed by atoms with Gasteiger partial charge in [-0.3, -0.25) is 0 Å². The lowest BCUT2D eigenvalue weighted by Crippen LogP contribution is -2.23. The van der Waals surface area contributed by atoms with Crippen LogP contribution >= 0.6 is 27.5 Å². The normalized spacial score (nSPS) is 12.5. The Kier molecular flexibility index (Phi) is 5.42. The molecule has 112 valence electrons. The molecular weight excluding hydrogens is 353 g/mol. The number of rotatable bonds is 4. The third-order valence-electron chi connectivity index (χ3n) is 3.53. The van der Waals surface area contributed by atoms with Crippen LogP contribution < -0.4 is 5.32 Å². The van der Waals surface area contributed by atoms with Gasteiger partial charge in [0, 0.05) is 4.47 Å². The Bertz CT molecular complexity index is 634. The maximum absolute atomic E-state index is 13.5. The molecule has 0 spiro atoms. The number of halogens is 3. The minimum absolute atomic E-state index is 0.00111. The van der Waals surface area contributed by atoms with Crippen LogP contribution in [0, 0.1) is 19.7 Å². The van der Waals surface area contributed by atoms with Gasteiger partial charge in [-0.25, -0.2) is 4.39 Å². The summed E-state index contributed by atoms with van der Waals surface area (Å²) in [5.41, 5.74) is 4.06. The summed E-state index contributed by atoms with van der Waals surface area (Å²) in [5, 5.41) is 4.14. The van der Waals surface area contributed by atoms with Crippen molar-refractivity contribution in [3.05, 3.63) is 67.9 Å². The van der Waals surface area contributed by atoms with Gasteiger partial charge in [-0.15, -0.1) is 0 Å². The topological polar surface area (TPSA) is 12.0 Å². The fourth-order valence-corrected chi connectivity index (χ4v) is 3.10. The van der Waals surface area contributed by atoms with Gasteiger partial charge in [0.1, 0.15) is 5.82 Å². The Hall–Kier alpha value is -0.900. The van der Waals surface area contributed by atoms with E-state index in [-0.39, 0.29) is 11.9 Å². The van der Waals surface area contributed by atoms with Crippen molar-refractivity contribution in [1.82, 2.24) is 5.32 Å². The molecule has 0 aromatic heterocycles. The Morgan fingerprint density at radius 3 is 2.33 bits per heavy atom. The number of nitrogens with one attached hydrogen (secondary N) is 1. The van der Waals surface area contributed by atoms with E-state index in [1.807, 2.05) is 32.0 Å². The summed E-state index contributed by atoms with van der Waals surface area (Å²) < 4.78 is 14.4. The van der Waals surface area contributed by atoms with Crippen LogP contribution in [0.15, 0.2) is 34.8 Å². The summed E-state index contributed by atoms with van der Waals surface area (Å²) in [6.45, 7) is 6.75. The molecule has 0 aliphatic carbocycles. The molecule has 0 aliphatic rings. The molecule has 0 radical (unpaired) electrons. The van der Waals surface area contributed by atoms with Crippen molar-refractivity contribution in [2.24, 2.45) is 0 Å². The van der Waals surface area contributed by atoms with Crippen molar-refractivity contribution >= 4 is 27.5 Å². The number of aryl methyl sites for hydroxylation is 2. The molecule has 1 atom stereocenters. The summed E-state index contributed by atoms with van der Waals surface area (Å²) >= 11 is 9.63. The molecule has 0 heterocycles. The lowest BCUT2D eigenvalue weighted by molar-refractivity contribution is 0.606. The van der Waals surface area contributed by atoms with Crippen molar-refractivity contribution in [2.75, 3.05) is 6.54 Å². The molecule has 2 aromatic rings. The van der Waals surface area contributed by atoms with E-state index in [9.17, 15) is 4.39 Å². The molecule has 2 rings (SSSR count). The summed E-state index contributed by atoms with van der Waals surface area (Å²) in [5.74, 6) is -0.196. The minimum atomic E-state index is -0.196. The monoisotopic (exact) mass is 369 g/mol. The Morgan fingerprint density at radius 1 is 1.19 bits per heavy atom. The van der Waals surface area contributed by atoms with Crippen LogP contribution in [0.1, 0.15) is 35.2 Å². The first-order chi connectivity index (χ1) is 9.93. The van der Waals surface area contributed by atoms with E-state index in [1.54, 1.807) is 12.1 Å². The zero-order chi connectivity index (χ0) is 15.6. The van der Waals surface area contributed by atoms with Gasteiger partial charge in [-0.2, -0.15) is 0 Å². The molecule has 1 N–H and O–H groups in total. The Morgan fingerprint density at radius 2 is 1.81 bits per heavy atom. The van der Waals surface area contributed by atoms with Crippen LogP contribution in [0.25, 0.3) is 0 Å². The number of benzene rings is 2. The van der Waals surface area contributed by atoms with E-state index >= 15 is 0 Å². The van der Waals surface area contributed by atoms with Crippen LogP contribution in [0.3, 0.4) is 0 Å². The van der Waals surface area contributed by atoms with Gasteiger partial charge in [-0.05, 0) is 82.8 Å². The SMILES string of the molecule is CCNC(c1ccc(Br)c(Cl)c1)c1c(C)cc(F)cc1C. The van der Waals surface area contributed by atoms with E-state index in [1.165, 1.54) is 0 Å². The second-order valence-corrected chi connectivity index (χ2v) is 6.38.